The molecule has 154 valence electrons. The summed E-state index contributed by atoms with van der Waals surface area (Å²) < 4.78 is 31.4. The van der Waals surface area contributed by atoms with E-state index >= 15 is 0 Å². The van der Waals surface area contributed by atoms with Gasteiger partial charge in [-0.2, -0.15) is 0 Å². The molecule has 1 unspecified atom stereocenters. The van der Waals surface area contributed by atoms with Crippen molar-refractivity contribution in [2.45, 2.75) is 19.4 Å². The number of fused-ring (bicyclic) bond motifs is 1. The molecule has 8 nitrogen and oxygen atoms in total. The van der Waals surface area contributed by atoms with Crippen LogP contribution in [0, 0.1) is 0 Å². The molecule has 2 aromatic carbocycles. The summed E-state index contributed by atoms with van der Waals surface area (Å²) in [5, 5.41) is 5.74. The number of benzene rings is 2. The van der Waals surface area contributed by atoms with Gasteiger partial charge < -0.3 is 15.4 Å². The highest BCUT2D eigenvalue weighted by atomic mass is 35.5. The zero-order valence-electron chi connectivity index (χ0n) is 15.8. The summed E-state index contributed by atoms with van der Waals surface area (Å²) in [5.74, 6) is -0.401. The summed E-state index contributed by atoms with van der Waals surface area (Å²) in [6, 6.07) is 11.3. The average molecular weight is 438 g/mol. The first kappa shape index (κ1) is 20.9. The van der Waals surface area contributed by atoms with Crippen LogP contribution in [0.1, 0.15) is 13.3 Å². The number of nitrogens with zero attached hydrogens (tertiary/aromatic N) is 1. The molecule has 3 rings (SSSR count). The lowest BCUT2D eigenvalue weighted by Gasteiger charge is -2.21. The molecule has 2 aromatic rings. The number of nitrogens with one attached hydrogen (secondary N) is 2. The van der Waals surface area contributed by atoms with Crippen LogP contribution in [0.4, 0.5) is 17.1 Å². The van der Waals surface area contributed by atoms with E-state index in [4.69, 9.17) is 16.3 Å². The van der Waals surface area contributed by atoms with E-state index in [1.807, 2.05) is 0 Å². The van der Waals surface area contributed by atoms with Crippen molar-refractivity contribution in [1.29, 1.82) is 0 Å². The Morgan fingerprint density at radius 2 is 1.83 bits per heavy atom. The van der Waals surface area contributed by atoms with E-state index in [9.17, 15) is 18.0 Å². The van der Waals surface area contributed by atoms with E-state index in [-0.39, 0.29) is 24.6 Å². The van der Waals surface area contributed by atoms with Gasteiger partial charge in [0.1, 0.15) is 5.75 Å². The van der Waals surface area contributed by atoms with Gasteiger partial charge in [-0.15, -0.1) is 0 Å². The number of sulfonamides is 1. The van der Waals surface area contributed by atoms with Crippen molar-refractivity contribution in [2.24, 2.45) is 0 Å². The first-order valence-corrected chi connectivity index (χ1v) is 11.0. The van der Waals surface area contributed by atoms with Gasteiger partial charge in [0.15, 0.2) is 6.10 Å². The molecule has 29 heavy (non-hydrogen) atoms. The summed E-state index contributed by atoms with van der Waals surface area (Å²) in [4.78, 5) is 24.0. The molecule has 1 aliphatic heterocycles. The van der Waals surface area contributed by atoms with Gasteiger partial charge >= 0.3 is 0 Å². The summed E-state index contributed by atoms with van der Waals surface area (Å²) in [7, 11) is -3.58. The molecule has 0 radical (unpaired) electrons. The van der Waals surface area contributed by atoms with Crippen molar-refractivity contribution in [1.82, 2.24) is 0 Å². The van der Waals surface area contributed by atoms with E-state index in [1.165, 1.54) is 17.3 Å². The van der Waals surface area contributed by atoms with Crippen molar-refractivity contribution in [3.05, 3.63) is 47.5 Å². The van der Waals surface area contributed by atoms with Crippen LogP contribution in [0.25, 0.3) is 0 Å². The standard InChI is InChI=1S/C19H20ClN3O5S/c1-12(24)21-14-4-3-5-15(11-14)22-19(25)18-8-9-23(29(2,26)27)16-10-13(20)6-7-17(16)28-18/h3-7,10-11,18H,8-9H2,1-2H3,(H,21,24)(H,22,25). The van der Waals surface area contributed by atoms with Crippen LogP contribution in [0.2, 0.25) is 5.02 Å². The van der Waals surface area contributed by atoms with Gasteiger partial charge in [-0.1, -0.05) is 17.7 Å². The van der Waals surface area contributed by atoms with Crippen LogP contribution >= 0.6 is 11.6 Å². The zero-order valence-corrected chi connectivity index (χ0v) is 17.4. The third kappa shape index (κ3) is 5.18. The molecule has 10 heteroatoms. The number of anilines is 3. The summed E-state index contributed by atoms with van der Waals surface area (Å²) in [6.45, 7) is 1.46. The molecule has 2 N–H and O–H groups in total. The first-order chi connectivity index (χ1) is 13.6. The highest BCUT2D eigenvalue weighted by Crippen LogP contribution is 2.36. The van der Waals surface area contributed by atoms with E-state index < -0.39 is 22.0 Å². The highest BCUT2D eigenvalue weighted by molar-refractivity contribution is 7.92. The van der Waals surface area contributed by atoms with Gasteiger partial charge in [-0.25, -0.2) is 8.42 Å². The molecule has 0 spiro atoms. The minimum absolute atomic E-state index is 0.0657. The van der Waals surface area contributed by atoms with Crippen molar-refractivity contribution >= 4 is 50.5 Å². The molecule has 0 saturated heterocycles. The Morgan fingerprint density at radius 3 is 2.48 bits per heavy atom. The smallest absolute Gasteiger partial charge is 0.265 e. The average Bonchev–Trinajstić information content (AvgIpc) is 2.80. The second-order valence-corrected chi connectivity index (χ2v) is 8.94. The van der Waals surface area contributed by atoms with E-state index in [1.54, 1.807) is 36.4 Å². The second kappa shape index (κ2) is 8.30. The van der Waals surface area contributed by atoms with Crippen molar-refractivity contribution in [3.8, 4) is 5.75 Å². The molecule has 0 saturated carbocycles. The number of hydrogen-bond donors (Lipinski definition) is 2. The molecule has 1 aliphatic rings. The number of rotatable bonds is 4. The molecule has 0 bridgehead atoms. The van der Waals surface area contributed by atoms with E-state index in [0.717, 1.165) is 6.26 Å². The van der Waals surface area contributed by atoms with Gasteiger partial charge in [-0.05, 0) is 36.4 Å². The normalized spacial score (nSPS) is 16.2. The monoisotopic (exact) mass is 437 g/mol. The fraction of sp³-hybridized carbons (Fsp3) is 0.263. The number of carbonyl (C=O) groups excluding carboxylic acids is 2. The van der Waals surface area contributed by atoms with Crippen LogP contribution < -0.4 is 19.7 Å². The maximum absolute atomic E-state index is 12.8. The fourth-order valence-electron chi connectivity index (χ4n) is 2.98. The van der Waals surface area contributed by atoms with Crippen LogP contribution in [0.3, 0.4) is 0 Å². The molecule has 0 aliphatic carbocycles. The van der Waals surface area contributed by atoms with Crippen LogP contribution in [-0.4, -0.2) is 39.1 Å². The Labute approximate surface area is 173 Å². The lowest BCUT2D eigenvalue weighted by atomic mass is 10.2. The van der Waals surface area contributed by atoms with Gasteiger partial charge in [0.05, 0.1) is 11.9 Å². The molecule has 0 fully saturated rings. The Hall–Kier alpha value is -2.78. The quantitative estimate of drug-likeness (QED) is 0.765. The predicted molar refractivity (Wildman–Crippen MR) is 112 cm³/mol. The molecular weight excluding hydrogens is 418 g/mol. The van der Waals surface area contributed by atoms with E-state index in [2.05, 4.69) is 10.6 Å². The third-order valence-corrected chi connectivity index (χ3v) is 5.61. The van der Waals surface area contributed by atoms with Gasteiger partial charge in [0, 0.05) is 36.3 Å². The maximum Gasteiger partial charge on any atom is 0.265 e. The van der Waals surface area contributed by atoms with Gasteiger partial charge in [0.2, 0.25) is 15.9 Å². The fourth-order valence-corrected chi connectivity index (χ4v) is 4.09. The largest absolute Gasteiger partial charge is 0.478 e. The van der Waals surface area contributed by atoms with Crippen molar-refractivity contribution in [3.63, 3.8) is 0 Å². The van der Waals surface area contributed by atoms with Crippen molar-refractivity contribution < 1.29 is 22.7 Å². The minimum atomic E-state index is -3.58. The number of halogens is 1. The Balaban J connectivity index is 1.82. The number of amides is 2. The van der Waals surface area contributed by atoms with Crippen molar-refractivity contribution in [2.75, 3.05) is 27.7 Å². The molecule has 0 aromatic heterocycles. The number of carbonyl (C=O) groups is 2. The highest BCUT2D eigenvalue weighted by Gasteiger charge is 2.31. The summed E-state index contributed by atoms with van der Waals surface area (Å²) >= 11 is 6.02. The maximum atomic E-state index is 12.8. The Bertz CT molecular complexity index is 1060. The first-order valence-electron chi connectivity index (χ1n) is 8.76. The number of ether oxygens (including phenoxy) is 1. The summed E-state index contributed by atoms with van der Waals surface area (Å²) in [6.07, 6.45) is 0.327. The topological polar surface area (TPSA) is 105 Å². The molecule has 2 amide bonds. The van der Waals surface area contributed by atoms with Gasteiger partial charge in [-0.3, -0.25) is 13.9 Å². The lowest BCUT2D eigenvalue weighted by Crippen LogP contribution is -2.36. The summed E-state index contributed by atoms with van der Waals surface area (Å²) in [5.41, 5.74) is 1.31. The predicted octanol–water partition coefficient (Wildman–Crippen LogP) is 2.85. The molecule has 1 heterocycles. The molecule has 1 atom stereocenters. The Kier molecular flexibility index (Phi) is 5.99. The number of hydrogen-bond acceptors (Lipinski definition) is 5. The van der Waals surface area contributed by atoms with Crippen LogP contribution in [0.15, 0.2) is 42.5 Å². The minimum Gasteiger partial charge on any atom is -0.478 e. The Morgan fingerprint density at radius 1 is 1.14 bits per heavy atom. The SMILES string of the molecule is CC(=O)Nc1cccc(NC(=O)C2CCN(S(C)(=O)=O)c3cc(Cl)ccc3O2)c1. The third-order valence-electron chi connectivity index (χ3n) is 4.20. The van der Waals surface area contributed by atoms with Crippen LogP contribution in [0.5, 0.6) is 5.75 Å². The lowest BCUT2D eigenvalue weighted by molar-refractivity contribution is -0.122. The zero-order chi connectivity index (χ0) is 21.2. The molecular formula is C19H20ClN3O5S. The second-order valence-electron chi connectivity index (χ2n) is 6.59. The van der Waals surface area contributed by atoms with Crippen LogP contribution in [-0.2, 0) is 19.6 Å². The van der Waals surface area contributed by atoms with Gasteiger partial charge in [0.25, 0.3) is 5.91 Å². The van der Waals surface area contributed by atoms with E-state index in [0.29, 0.717) is 22.1 Å².